The lowest BCUT2D eigenvalue weighted by Gasteiger charge is -1.98. The Kier molecular flexibility index (Phi) is 1.98. The van der Waals surface area contributed by atoms with Gasteiger partial charge in [0.1, 0.15) is 0 Å². The Labute approximate surface area is 62.7 Å². The average Bonchev–Trinajstić information content (AvgIpc) is 2.01. The second-order valence-electron chi connectivity index (χ2n) is 2.22. The van der Waals surface area contributed by atoms with Gasteiger partial charge in [0.2, 0.25) is 0 Å². The Balaban J connectivity index is 3.36. The highest BCUT2D eigenvalue weighted by molar-refractivity contribution is 5.75. The molecule has 1 aromatic rings. The van der Waals surface area contributed by atoms with Crippen LogP contribution in [-0.4, -0.2) is 6.29 Å². The molecule has 1 nitrogen and oxygen atoms in total. The third-order valence-electron chi connectivity index (χ3n) is 1.43. The van der Waals surface area contributed by atoms with E-state index in [9.17, 15) is 13.6 Å². The van der Waals surface area contributed by atoms with Crippen LogP contribution in [0.4, 0.5) is 8.78 Å². The van der Waals surface area contributed by atoms with Crippen molar-refractivity contribution in [3.8, 4) is 0 Å². The first kappa shape index (κ1) is 7.85. The SMILES string of the molecule is Cc1ccc(C=O)c(F)c1F. The van der Waals surface area contributed by atoms with Crippen molar-refractivity contribution in [2.75, 3.05) is 0 Å². The number of benzene rings is 1. The predicted octanol–water partition coefficient (Wildman–Crippen LogP) is 2.09. The Morgan fingerprint density at radius 1 is 1.27 bits per heavy atom. The molecule has 0 heterocycles. The van der Waals surface area contributed by atoms with E-state index in [0.717, 1.165) is 0 Å². The van der Waals surface area contributed by atoms with Gasteiger partial charge in [-0.3, -0.25) is 4.79 Å². The molecule has 0 fully saturated rings. The van der Waals surface area contributed by atoms with Crippen LogP contribution in [0.1, 0.15) is 15.9 Å². The number of carbonyl (C=O) groups is 1. The molecule has 0 bridgehead atoms. The highest BCUT2D eigenvalue weighted by atomic mass is 19.2. The zero-order valence-corrected chi connectivity index (χ0v) is 5.90. The highest BCUT2D eigenvalue weighted by Gasteiger charge is 2.08. The molecule has 1 aromatic carbocycles. The molecule has 11 heavy (non-hydrogen) atoms. The van der Waals surface area contributed by atoms with Crippen molar-refractivity contribution in [3.63, 3.8) is 0 Å². The van der Waals surface area contributed by atoms with E-state index in [2.05, 4.69) is 0 Å². The van der Waals surface area contributed by atoms with Crippen molar-refractivity contribution < 1.29 is 13.6 Å². The molecule has 0 amide bonds. The van der Waals surface area contributed by atoms with E-state index in [1.54, 1.807) is 0 Å². The Bertz CT molecular complexity index is 294. The van der Waals surface area contributed by atoms with Crippen molar-refractivity contribution in [1.29, 1.82) is 0 Å². The number of hydrogen-bond donors (Lipinski definition) is 0. The lowest BCUT2D eigenvalue weighted by Crippen LogP contribution is -1.94. The van der Waals surface area contributed by atoms with Crippen molar-refractivity contribution in [2.45, 2.75) is 6.92 Å². The maximum atomic E-state index is 12.7. The summed E-state index contributed by atoms with van der Waals surface area (Å²) in [4.78, 5) is 10.1. The molecule has 0 aliphatic rings. The van der Waals surface area contributed by atoms with Gasteiger partial charge in [-0.15, -0.1) is 0 Å². The summed E-state index contributed by atoms with van der Waals surface area (Å²) in [6, 6.07) is 2.61. The number of aryl methyl sites for hydroxylation is 1. The average molecular weight is 156 g/mol. The number of rotatable bonds is 1. The highest BCUT2D eigenvalue weighted by Crippen LogP contribution is 2.13. The number of carbonyl (C=O) groups excluding carboxylic acids is 1. The number of halogens is 2. The normalized spacial score (nSPS) is 9.73. The summed E-state index contributed by atoms with van der Waals surface area (Å²) < 4.78 is 25.3. The quantitative estimate of drug-likeness (QED) is 0.569. The van der Waals surface area contributed by atoms with Crippen molar-refractivity contribution >= 4 is 6.29 Å². The molecule has 0 atom stereocenters. The van der Waals surface area contributed by atoms with E-state index in [-0.39, 0.29) is 17.4 Å². The molecule has 0 N–H and O–H groups in total. The Morgan fingerprint density at radius 3 is 2.45 bits per heavy atom. The van der Waals surface area contributed by atoms with Gasteiger partial charge in [-0.25, -0.2) is 8.78 Å². The van der Waals surface area contributed by atoms with Gasteiger partial charge in [0.15, 0.2) is 17.9 Å². The van der Waals surface area contributed by atoms with Crippen molar-refractivity contribution in [1.82, 2.24) is 0 Å². The number of aldehydes is 1. The van der Waals surface area contributed by atoms with E-state index in [1.165, 1.54) is 19.1 Å². The molecular weight excluding hydrogens is 150 g/mol. The molecule has 0 spiro atoms. The van der Waals surface area contributed by atoms with Crippen LogP contribution in [0.15, 0.2) is 12.1 Å². The summed E-state index contributed by atoms with van der Waals surface area (Å²) in [6.07, 6.45) is 0.290. The zero-order valence-electron chi connectivity index (χ0n) is 5.90. The van der Waals surface area contributed by atoms with Gasteiger partial charge in [0, 0.05) is 0 Å². The molecule has 0 saturated carbocycles. The van der Waals surface area contributed by atoms with Gasteiger partial charge in [-0.1, -0.05) is 6.07 Å². The van der Waals surface area contributed by atoms with Crippen LogP contribution in [0.2, 0.25) is 0 Å². The second kappa shape index (κ2) is 2.78. The van der Waals surface area contributed by atoms with Crippen LogP contribution in [0.25, 0.3) is 0 Å². The van der Waals surface area contributed by atoms with Gasteiger partial charge in [0.25, 0.3) is 0 Å². The van der Waals surface area contributed by atoms with Crippen LogP contribution in [0.5, 0.6) is 0 Å². The minimum absolute atomic E-state index is 0.202. The van der Waals surface area contributed by atoms with E-state index < -0.39 is 11.6 Å². The van der Waals surface area contributed by atoms with E-state index in [4.69, 9.17) is 0 Å². The van der Waals surface area contributed by atoms with Gasteiger partial charge < -0.3 is 0 Å². The van der Waals surface area contributed by atoms with Crippen molar-refractivity contribution in [3.05, 3.63) is 34.9 Å². The van der Waals surface area contributed by atoms with Crippen LogP contribution in [-0.2, 0) is 0 Å². The van der Waals surface area contributed by atoms with Gasteiger partial charge in [-0.2, -0.15) is 0 Å². The van der Waals surface area contributed by atoms with Crippen LogP contribution < -0.4 is 0 Å². The molecule has 0 aliphatic carbocycles. The fourth-order valence-corrected chi connectivity index (χ4v) is 0.752. The summed E-state index contributed by atoms with van der Waals surface area (Å²) >= 11 is 0. The van der Waals surface area contributed by atoms with Crippen LogP contribution >= 0.6 is 0 Å². The third kappa shape index (κ3) is 1.27. The summed E-state index contributed by atoms with van der Waals surface area (Å²) in [7, 11) is 0. The van der Waals surface area contributed by atoms with Crippen LogP contribution in [0.3, 0.4) is 0 Å². The number of hydrogen-bond acceptors (Lipinski definition) is 1. The van der Waals surface area contributed by atoms with E-state index in [1.807, 2.05) is 0 Å². The molecule has 0 aliphatic heterocycles. The predicted molar refractivity (Wildman–Crippen MR) is 36.5 cm³/mol. The standard InChI is InChI=1S/C8H6F2O/c1-5-2-3-6(4-11)8(10)7(5)9/h2-4H,1H3. The first-order valence-electron chi connectivity index (χ1n) is 3.06. The zero-order chi connectivity index (χ0) is 8.43. The first-order valence-corrected chi connectivity index (χ1v) is 3.06. The van der Waals surface area contributed by atoms with E-state index >= 15 is 0 Å². The molecule has 3 heteroatoms. The van der Waals surface area contributed by atoms with Gasteiger partial charge in [-0.05, 0) is 18.6 Å². The fraction of sp³-hybridized carbons (Fsp3) is 0.125. The lowest BCUT2D eigenvalue weighted by atomic mass is 10.1. The molecule has 0 aromatic heterocycles. The fourth-order valence-electron chi connectivity index (χ4n) is 0.752. The molecule has 0 saturated heterocycles. The first-order chi connectivity index (χ1) is 5.16. The van der Waals surface area contributed by atoms with Crippen LogP contribution in [0, 0.1) is 18.6 Å². The minimum atomic E-state index is -1.07. The maximum Gasteiger partial charge on any atom is 0.169 e. The Morgan fingerprint density at radius 2 is 1.91 bits per heavy atom. The molecule has 0 unspecified atom stereocenters. The van der Waals surface area contributed by atoms with Crippen molar-refractivity contribution in [2.24, 2.45) is 0 Å². The molecular formula is C8H6F2O. The smallest absolute Gasteiger partial charge is 0.169 e. The topological polar surface area (TPSA) is 17.1 Å². The summed E-state index contributed by atoms with van der Waals surface area (Å²) in [5.41, 5.74) is -0.0406. The van der Waals surface area contributed by atoms with E-state index in [0.29, 0.717) is 0 Å². The summed E-state index contributed by atoms with van der Waals surface area (Å²) in [5, 5.41) is 0. The maximum absolute atomic E-state index is 12.7. The summed E-state index contributed by atoms with van der Waals surface area (Å²) in [5.74, 6) is -2.02. The second-order valence-corrected chi connectivity index (χ2v) is 2.22. The summed E-state index contributed by atoms with van der Waals surface area (Å²) in [6.45, 7) is 1.44. The van der Waals surface area contributed by atoms with Gasteiger partial charge >= 0.3 is 0 Å². The Hall–Kier alpha value is -1.25. The molecule has 1 rings (SSSR count). The van der Waals surface area contributed by atoms with Gasteiger partial charge in [0.05, 0.1) is 5.56 Å². The monoisotopic (exact) mass is 156 g/mol. The largest absolute Gasteiger partial charge is 0.298 e. The molecule has 58 valence electrons. The molecule has 0 radical (unpaired) electrons. The lowest BCUT2D eigenvalue weighted by molar-refractivity contribution is 0.111. The third-order valence-corrected chi connectivity index (χ3v) is 1.43. The minimum Gasteiger partial charge on any atom is -0.298 e.